The number of halogens is 1. The van der Waals surface area contributed by atoms with Crippen molar-refractivity contribution in [3.63, 3.8) is 0 Å². The maximum atomic E-state index is 13.5. The van der Waals surface area contributed by atoms with Crippen molar-refractivity contribution in [2.45, 2.75) is 40.0 Å². The van der Waals surface area contributed by atoms with Crippen molar-refractivity contribution >= 4 is 0 Å². The summed E-state index contributed by atoms with van der Waals surface area (Å²) in [5, 5.41) is 0. The summed E-state index contributed by atoms with van der Waals surface area (Å²) in [4.78, 5) is 0. The molecular formula is C21H29FO2. The van der Waals surface area contributed by atoms with Crippen molar-refractivity contribution in [2.75, 3.05) is 13.7 Å². The van der Waals surface area contributed by atoms with E-state index in [0.717, 1.165) is 18.6 Å². The van der Waals surface area contributed by atoms with Gasteiger partial charge in [0.25, 0.3) is 0 Å². The second-order valence-corrected chi connectivity index (χ2v) is 5.30. The van der Waals surface area contributed by atoms with Gasteiger partial charge in [-0.25, -0.2) is 4.39 Å². The molecule has 0 fully saturated rings. The fourth-order valence-electron chi connectivity index (χ4n) is 2.62. The molecular weight excluding hydrogens is 303 g/mol. The normalized spacial score (nSPS) is 28.8. The van der Waals surface area contributed by atoms with Crippen LogP contribution in [0.2, 0.25) is 0 Å². The molecule has 1 unspecified atom stereocenters. The lowest BCUT2D eigenvalue weighted by atomic mass is 9.89. The summed E-state index contributed by atoms with van der Waals surface area (Å²) in [6, 6.07) is 0. The Balaban J connectivity index is 0.00000139. The maximum absolute atomic E-state index is 13.5. The van der Waals surface area contributed by atoms with Crippen LogP contribution in [0.4, 0.5) is 4.39 Å². The largest absolute Gasteiger partial charge is 0.497 e. The molecule has 0 amide bonds. The van der Waals surface area contributed by atoms with Gasteiger partial charge in [-0.2, -0.15) is 0 Å². The van der Waals surface area contributed by atoms with Gasteiger partial charge in [-0.15, -0.1) is 0 Å². The molecule has 0 aromatic rings. The maximum Gasteiger partial charge on any atom is 0.118 e. The van der Waals surface area contributed by atoms with Gasteiger partial charge in [-0.3, -0.25) is 0 Å². The van der Waals surface area contributed by atoms with Crippen LogP contribution in [0.3, 0.4) is 0 Å². The molecule has 1 atom stereocenters. The molecule has 1 heterocycles. The summed E-state index contributed by atoms with van der Waals surface area (Å²) in [6.07, 6.45) is 17.0. The highest BCUT2D eigenvalue weighted by atomic mass is 19.1. The summed E-state index contributed by atoms with van der Waals surface area (Å²) in [7, 11) is 1.64. The molecule has 24 heavy (non-hydrogen) atoms. The highest BCUT2D eigenvalue weighted by molar-refractivity contribution is 5.36. The van der Waals surface area contributed by atoms with E-state index in [1.807, 2.05) is 38.2 Å². The summed E-state index contributed by atoms with van der Waals surface area (Å²) >= 11 is 0. The molecule has 1 aliphatic heterocycles. The molecule has 0 aromatic carbocycles. The SMILES string of the molecule is CC.CC/C1=C(C2C=CC=C(F)CC2)/C=C/C(OC)=C\C=C\OC1. The molecule has 3 heteroatoms. The minimum atomic E-state index is -0.0575. The van der Waals surface area contributed by atoms with Crippen molar-refractivity contribution in [3.8, 4) is 0 Å². The average molecular weight is 332 g/mol. The summed E-state index contributed by atoms with van der Waals surface area (Å²) < 4.78 is 24.4. The summed E-state index contributed by atoms with van der Waals surface area (Å²) in [5.41, 5.74) is 2.43. The van der Waals surface area contributed by atoms with Gasteiger partial charge >= 0.3 is 0 Å². The molecule has 2 rings (SSSR count). The smallest absolute Gasteiger partial charge is 0.118 e. The van der Waals surface area contributed by atoms with Crippen molar-refractivity contribution in [3.05, 3.63) is 71.5 Å². The molecule has 132 valence electrons. The fraction of sp³-hybridized carbons (Fsp3) is 0.429. The van der Waals surface area contributed by atoms with Crippen molar-refractivity contribution < 1.29 is 13.9 Å². The topological polar surface area (TPSA) is 18.5 Å². The van der Waals surface area contributed by atoms with E-state index in [9.17, 15) is 4.39 Å². The number of hydrogen-bond donors (Lipinski definition) is 0. The van der Waals surface area contributed by atoms with E-state index in [-0.39, 0.29) is 11.7 Å². The average Bonchev–Trinajstić information content (AvgIpc) is 2.84. The van der Waals surface area contributed by atoms with Gasteiger partial charge < -0.3 is 9.47 Å². The van der Waals surface area contributed by atoms with E-state index < -0.39 is 0 Å². The van der Waals surface area contributed by atoms with Gasteiger partial charge in [0, 0.05) is 12.3 Å². The van der Waals surface area contributed by atoms with Crippen LogP contribution in [0.25, 0.3) is 0 Å². The Labute approximate surface area is 145 Å². The first kappa shape index (κ1) is 20.0. The van der Waals surface area contributed by atoms with Crippen LogP contribution in [0, 0.1) is 5.92 Å². The molecule has 0 N–H and O–H groups in total. The van der Waals surface area contributed by atoms with Gasteiger partial charge in [-0.1, -0.05) is 39.0 Å². The Bertz CT molecular complexity index is 562. The lowest BCUT2D eigenvalue weighted by Crippen LogP contribution is -2.07. The lowest BCUT2D eigenvalue weighted by Gasteiger charge is -2.19. The van der Waals surface area contributed by atoms with E-state index >= 15 is 0 Å². The van der Waals surface area contributed by atoms with Crippen molar-refractivity contribution in [2.24, 2.45) is 5.92 Å². The first-order chi connectivity index (χ1) is 11.7. The van der Waals surface area contributed by atoms with Crippen molar-refractivity contribution in [1.29, 1.82) is 0 Å². The lowest BCUT2D eigenvalue weighted by molar-refractivity contribution is 0.275. The Kier molecular flexibility index (Phi) is 9.59. The molecule has 0 bridgehead atoms. The Morgan fingerprint density at radius 2 is 2.00 bits per heavy atom. The highest BCUT2D eigenvalue weighted by Gasteiger charge is 2.16. The summed E-state index contributed by atoms with van der Waals surface area (Å²) in [6.45, 7) is 6.68. The minimum Gasteiger partial charge on any atom is -0.497 e. The third kappa shape index (κ3) is 6.23. The van der Waals surface area contributed by atoms with E-state index in [1.54, 1.807) is 19.4 Å². The molecule has 1 aliphatic carbocycles. The minimum absolute atomic E-state index is 0.0575. The van der Waals surface area contributed by atoms with Crippen LogP contribution < -0.4 is 0 Å². The first-order valence-electron chi connectivity index (χ1n) is 8.70. The molecule has 2 aliphatic rings. The monoisotopic (exact) mass is 332 g/mol. The third-order valence-corrected chi connectivity index (χ3v) is 3.90. The predicted octanol–water partition coefficient (Wildman–Crippen LogP) is 6.17. The van der Waals surface area contributed by atoms with Crippen LogP contribution in [-0.4, -0.2) is 13.7 Å². The van der Waals surface area contributed by atoms with Crippen LogP contribution in [0.15, 0.2) is 71.5 Å². The van der Waals surface area contributed by atoms with Crippen LogP contribution >= 0.6 is 0 Å². The van der Waals surface area contributed by atoms with Gasteiger partial charge in [0.2, 0.25) is 0 Å². The van der Waals surface area contributed by atoms with E-state index in [0.29, 0.717) is 13.0 Å². The molecule has 0 aromatic heterocycles. The zero-order valence-corrected chi connectivity index (χ0v) is 15.2. The van der Waals surface area contributed by atoms with E-state index in [4.69, 9.17) is 9.47 Å². The molecule has 0 saturated carbocycles. The Morgan fingerprint density at radius 1 is 1.21 bits per heavy atom. The number of allylic oxidation sites excluding steroid dienone is 9. The predicted molar refractivity (Wildman–Crippen MR) is 99.0 cm³/mol. The number of rotatable bonds is 3. The number of methoxy groups -OCH3 is 1. The van der Waals surface area contributed by atoms with Gasteiger partial charge in [-0.05, 0) is 48.3 Å². The van der Waals surface area contributed by atoms with E-state index in [1.165, 1.54) is 11.1 Å². The van der Waals surface area contributed by atoms with E-state index in [2.05, 4.69) is 19.1 Å². The fourth-order valence-corrected chi connectivity index (χ4v) is 2.62. The Morgan fingerprint density at radius 3 is 2.71 bits per heavy atom. The second kappa shape index (κ2) is 11.5. The van der Waals surface area contributed by atoms with Crippen LogP contribution in [0.5, 0.6) is 0 Å². The van der Waals surface area contributed by atoms with Crippen LogP contribution in [0.1, 0.15) is 40.0 Å². The third-order valence-electron chi connectivity index (χ3n) is 3.90. The van der Waals surface area contributed by atoms with Gasteiger partial charge in [0.15, 0.2) is 0 Å². The molecule has 0 spiro atoms. The number of ether oxygens (including phenoxy) is 2. The first-order valence-corrected chi connectivity index (χ1v) is 8.70. The molecule has 2 nitrogen and oxygen atoms in total. The molecule has 0 saturated heterocycles. The van der Waals surface area contributed by atoms with Gasteiger partial charge in [0.1, 0.15) is 12.4 Å². The molecule has 0 radical (unpaired) electrons. The van der Waals surface area contributed by atoms with Crippen LogP contribution in [-0.2, 0) is 9.47 Å². The van der Waals surface area contributed by atoms with Gasteiger partial charge in [0.05, 0.1) is 19.2 Å². The zero-order chi connectivity index (χ0) is 17.8. The quantitative estimate of drug-likeness (QED) is 0.615. The summed E-state index contributed by atoms with van der Waals surface area (Å²) in [5.74, 6) is 0.898. The Hall–Kier alpha value is -2.03. The number of hydrogen-bond acceptors (Lipinski definition) is 2. The zero-order valence-electron chi connectivity index (χ0n) is 15.2. The second-order valence-electron chi connectivity index (χ2n) is 5.30. The highest BCUT2D eigenvalue weighted by Crippen LogP contribution is 2.29. The standard InChI is InChI=1S/C19H23FO2.C2H6/c1-3-15-14-22-13-5-8-18(21-2)11-12-19(15)16-6-4-7-17(20)10-9-16;1-2/h4-8,11-13,16H,3,9-10,14H2,1-2H3;1-2H3/b12-11+,13-5+,18-8+,19-15+;. The van der Waals surface area contributed by atoms with Crippen molar-refractivity contribution in [1.82, 2.24) is 0 Å².